The second-order valence-corrected chi connectivity index (χ2v) is 4.91. The Morgan fingerprint density at radius 3 is 2.71 bits per heavy atom. The predicted molar refractivity (Wildman–Crippen MR) is 81.4 cm³/mol. The third-order valence-electron chi connectivity index (χ3n) is 3.14. The molecule has 1 heterocycles. The smallest absolute Gasteiger partial charge is 0.255 e. The van der Waals surface area contributed by atoms with Crippen molar-refractivity contribution in [1.82, 2.24) is 0 Å². The zero-order valence-corrected chi connectivity index (χ0v) is 12.0. The summed E-state index contributed by atoms with van der Waals surface area (Å²) in [5.41, 5.74) is 2.15. The van der Waals surface area contributed by atoms with Crippen LogP contribution in [0.4, 0.5) is 5.69 Å². The Bertz CT molecular complexity index is 672. The number of carbonyl (C=O) groups is 1. The number of rotatable bonds is 3. The first-order chi connectivity index (χ1) is 10.3. The predicted octanol–water partition coefficient (Wildman–Crippen LogP) is 3.45. The summed E-state index contributed by atoms with van der Waals surface area (Å²) < 4.78 is 10.9. The van der Waals surface area contributed by atoms with Crippen molar-refractivity contribution in [2.75, 3.05) is 18.5 Å². The van der Waals surface area contributed by atoms with Crippen LogP contribution in [-0.4, -0.2) is 19.1 Å². The third-order valence-corrected chi connectivity index (χ3v) is 3.45. The van der Waals surface area contributed by atoms with Gasteiger partial charge in [-0.05, 0) is 29.8 Å². The minimum Gasteiger partial charge on any atom is -0.486 e. The fraction of sp³-hybridized carbons (Fsp3) is 0.188. The second kappa shape index (κ2) is 6.06. The zero-order valence-electron chi connectivity index (χ0n) is 11.3. The second-order valence-electron chi connectivity index (χ2n) is 4.65. The number of fused-ring (bicyclic) bond motifs is 1. The summed E-state index contributed by atoms with van der Waals surface area (Å²) in [5, 5.41) is 2.84. The molecule has 0 aliphatic carbocycles. The molecule has 1 aliphatic heterocycles. The lowest BCUT2D eigenvalue weighted by Gasteiger charge is -2.19. The Morgan fingerprint density at radius 1 is 1.10 bits per heavy atom. The number of ether oxygens (including phenoxy) is 2. The van der Waals surface area contributed by atoms with Gasteiger partial charge in [-0.3, -0.25) is 4.79 Å². The molecule has 0 saturated heterocycles. The molecule has 0 bridgehead atoms. The maximum absolute atomic E-state index is 12.2. The summed E-state index contributed by atoms with van der Waals surface area (Å²) in [7, 11) is 0. The molecule has 1 aliphatic rings. The van der Waals surface area contributed by atoms with E-state index < -0.39 is 0 Å². The molecule has 0 saturated carbocycles. The molecular formula is C16H14ClNO3. The molecule has 0 radical (unpaired) electrons. The van der Waals surface area contributed by atoms with Gasteiger partial charge in [0.2, 0.25) is 0 Å². The lowest BCUT2D eigenvalue weighted by Crippen LogP contribution is -2.16. The van der Waals surface area contributed by atoms with Gasteiger partial charge in [-0.15, -0.1) is 11.6 Å². The van der Waals surface area contributed by atoms with Crippen molar-refractivity contribution in [2.45, 2.75) is 5.88 Å². The van der Waals surface area contributed by atoms with Gasteiger partial charge in [0.15, 0.2) is 11.5 Å². The van der Waals surface area contributed by atoms with Crippen molar-refractivity contribution in [3.63, 3.8) is 0 Å². The van der Waals surface area contributed by atoms with E-state index in [1.54, 1.807) is 30.3 Å². The van der Waals surface area contributed by atoms with Crippen LogP contribution in [0.15, 0.2) is 42.5 Å². The first-order valence-electron chi connectivity index (χ1n) is 6.62. The number of halogens is 1. The summed E-state index contributed by atoms with van der Waals surface area (Å²) in [5.74, 6) is 1.54. The average molecular weight is 304 g/mol. The van der Waals surface area contributed by atoms with Crippen molar-refractivity contribution >= 4 is 23.2 Å². The van der Waals surface area contributed by atoms with Gasteiger partial charge in [0.1, 0.15) is 13.2 Å². The first-order valence-corrected chi connectivity index (χ1v) is 7.15. The fourth-order valence-electron chi connectivity index (χ4n) is 2.12. The number of carbonyl (C=O) groups excluding carboxylic acids is 1. The largest absolute Gasteiger partial charge is 0.486 e. The van der Waals surface area contributed by atoms with E-state index in [1.807, 2.05) is 12.1 Å². The van der Waals surface area contributed by atoms with Crippen LogP contribution < -0.4 is 14.8 Å². The zero-order chi connectivity index (χ0) is 14.7. The summed E-state index contributed by atoms with van der Waals surface area (Å²) in [6.45, 7) is 1.06. The molecule has 0 aromatic heterocycles. The van der Waals surface area contributed by atoms with Gasteiger partial charge in [0, 0.05) is 23.2 Å². The van der Waals surface area contributed by atoms with E-state index in [2.05, 4.69) is 5.32 Å². The van der Waals surface area contributed by atoms with Crippen molar-refractivity contribution in [3.05, 3.63) is 53.6 Å². The van der Waals surface area contributed by atoms with E-state index >= 15 is 0 Å². The number of amides is 1. The molecular weight excluding hydrogens is 290 g/mol. The molecule has 2 aromatic rings. The first kappa shape index (κ1) is 13.8. The van der Waals surface area contributed by atoms with Crippen molar-refractivity contribution in [1.29, 1.82) is 0 Å². The number of alkyl halides is 1. The van der Waals surface area contributed by atoms with Gasteiger partial charge in [-0.25, -0.2) is 0 Å². The highest BCUT2D eigenvalue weighted by Gasteiger charge is 2.13. The number of nitrogens with one attached hydrogen (secondary N) is 1. The SMILES string of the molecule is O=C(Nc1ccc2c(c1)OCCO2)c1cccc(CCl)c1. The van der Waals surface area contributed by atoms with Gasteiger partial charge in [0.25, 0.3) is 5.91 Å². The Labute approximate surface area is 127 Å². The summed E-state index contributed by atoms with van der Waals surface area (Å²) in [4.78, 5) is 12.2. The van der Waals surface area contributed by atoms with Crippen LogP contribution >= 0.6 is 11.6 Å². The number of hydrogen-bond donors (Lipinski definition) is 1. The lowest BCUT2D eigenvalue weighted by atomic mass is 10.1. The Kier molecular flexibility index (Phi) is 3.97. The normalized spacial score (nSPS) is 12.8. The fourth-order valence-corrected chi connectivity index (χ4v) is 2.29. The summed E-state index contributed by atoms with van der Waals surface area (Å²) in [6.07, 6.45) is 0. The maximum atomic E-state index is 12.2. The van der Waals surface area contributed by atoms with Crippen LogP contribution in [0.3, 0.4) is 0 Å². The molecule has 0 atom stereocenters. The maximum Gasteiger partial charge on any atom is 0.255 e. The van der Waals surface area contributed by atoms with Gasteiger partial charge < -0.3 is 14.8 Å². The molecule has 0 fully saturated rings. The van der Waals surface area contributed by atoms with Crippen LogP contribution in [-0.2, 0) is 5.88 Å². The summed E-state index contributed by atoms with van der Waals surface area (Å²) >= 11 is 5.78. The number of hydrogen-bond acceptors (Lipinski definition) is 3. The Balaban J connectivity index is 1.78. The molecule has 4 nitrogen and oxygen atoms in total. The van der Waals surface area contributed by atoms with E-state index in [0.29, 0.717) is 41.8 Å². The quantitative estimate of drug-likeness (QED) is 0.884. The van der Waals surface area contributed by atoms with Gasteiger partial charge >= 0.3 is 0 Å². The van der Waals surface area contributed by atoms with Gasteiger partial charge in [-0.1, -0.05) is 12.1 Å². The molecule has 21 heavy (non-hydrogen) atoms. The third kappa shape index (κ3) is 3.11. The van der Waals surface area contributed by atoms with Crippen molar-refractivity contribution in [3.8, 4) is 11.5 Å². The van der Waals surface area contributed by atoms with Crippen LogP contribution in [0.1, 0.15) is 15.9 Å². The van der Waals surface area contributed by atoms with E-state index in [9.17, 15) is 4.79 Å². The molecule has 108 valence electrons. The highest BCUT2D eigenvalue weighted by atomic mass is 35.5. The van der Waals surface area contributed by atoms with Crippen LogP contribution in [0.25, 0.3) is 0 Å². The van der Waals surface area contributed by atoms with E-state index in [4.69, 9.17) is 21.1 Å². The molecule has 0 unspecified atom stereocenters. The Hall–Kier alpha value is -2.20. The number of anilines is 1. The standard InChI is InChI=1S/C16H14ClNO3/c17-10-11-2-1-3-12(8-11)16(19)18-13-4-5-14-15(9-13)21-7-6-20-14/h1-5,8-9H,6-7,10H2,(H,18,19). The minimum atomic E-state index is -0.182. The highest BCUT2D eigenvalue weighted by molar-refractivity contribution is 6.17. The highest BCUT2D eigenvalue weighted by Crippen LogP contribution is 2.32. The van der Waals surface area contributed by atoms with Gasteiger partial charge in [0.05, 0.1) is 0 Å². The molecule has 1 amide bonds. The van der Waals surface area contributed by atoms with E-state index in [-0.39, 0.29) is 5.91 Å². The molecule has 0 spiro atoms. The number of benzene rings is 2. The lowest BCUT2D eigenvalue weighted by molar-refractivity contribution is 0.102. The molecule has 2 aromatic carbocycles. The van der Waals surface area contributed by atoms with Crippen LogP contribution in [0.2, 0.25) is 0 Å². The average Bonchev–Trinajstić information content (AvgIpc) is 2.54. The van der Waals surface area contributed by atoms with Crippen molar-refractivity contribution < 1.29 is 14.3 Å². The van der Waals surface area contributed by atoms with Gasteiger partial charge in [-0.2, -0.15) is 0 Å². The van der Waals surface area contributed by atoms with Crippen LogP contribution in [0.5, 0.6) is 11.5 Å². The molecule has 3 rings (SSSR count). The van der Waals surface area contributed by atoms with E-state index in [1.165, 1.54) is 0 Å². The minimum absolute atomic E-state index is 0.182. The van der Waals surface area contributed by atoms with Crippen LogP contribution in [0, 0.1) is 0 Å². The monoisotopic (exact) mass is 303 g/mol. The molecule has 1 N–H and O–H groups in total. The summed E-state index contributed by atoms with van der Waals surface area (Å²) in [6, 6.07) is 12.6. The van der Waals surface area contributed by atoms with Crippen molar-refractivity contribution in [2.24, 2.45) is 0 Å². The van der Waals surface area contributed by atoms with E-state index in [0.717, 1.165) is 5.56 Å². The Morgan fingerprint density at radius 2 is 1.90 bits per heavy atom. The molecule has 5 heteroatoms. The topological polar surface area (TPSA) is 47.6 Å².